The Labute approximate surface area is 82.9 Å². The zero-order valence-electron chi connectivity index (χ0n) is 7.56. The molecule has 13 heavy (non-hydrogen) atoms. The van der Waals surface area contributed by atoms with E-state index in [1.54, 1.807) is 19.2 Å². The van der Waals surface area contributed by atoms with E-state index in [4.69, 9.17) is 11.6 Å². The van der Waals surface area contributed by atoms with Crippen molar-refractivity contribution < 1.29 is 4.39 Å². The standard InChI is InChI=1S/C10H13ClFN/c1-13-7-10(12)6-8-2-4-9(11)5-3-8/h2-5,10,13H,6-7H2,1H3/t10-/m1/s1. The third-order valence-corrected chi connectivity index (χ3v) is 2.05. The fraction of sp³-hybridized carbons (Fsp3) is 0.400. The molecule has 0 fully saturated rings. The summed E-state index contributed by atoms with van der Waals surface area (Å²) < 4.78 is 13.1. The highest BCUT2D eigenvalue weighted by atomic mass is 35.5. The van der Waals surface area contributed by atoms with Crippen molar-refractivity contribution in [1.29, 1.82) is 0 Å². The maximum Gasteiger partial charge on any atom is 0.116 e. The molecule has 1 aromatic carbocycles. The Hall–Kier alpha value is -0.600. The molecule has 1 aromatic rings. The summed E-state index contributed by atoms with van der Waals surface area (Å²) in [6, 6.07) is 7.26. The highest BCUT2D eigenvalue weighted by Gasteiger charge is 2.05. The lowest BCUT2D eigenvalue weighted by Crippen LogP contribution is -2.21. The highest BCUT2D eigenvalue weighted by molar-refractivity contribution is 6.30. The number of rotatable bonds is 4. The van der Waals surface area contributed by atoms with Crippen molar-refractivity contribution in [2.24, 2.45) is 0 Å². The molecular formula is C10H13ClFN. The molecule has 0 unspecified atom stereocenters. The van der Waals surface area contributed by atoms with Crippen molar-refractivity contribution in [3.05, 3.63) is 34.9 Å². The van der Waals surface area contributed by atoms with E-state index in [-0.39, 0.29) is 0 Å². The number of hydrogen-bond donors (Lipinski definition) is 1. The molecule has 0 bridgehead atoms. The monoisotopic (exact) mass is 201 g/mol. The first-order valence-corrected chi connectivity index (χ1v) is 4.63. The number of benzene rings is 1. The Kier molecular flexibility index (Phi) is 4.19. The second-order valence-corrected chi connectivity index (χ2v) is 3.42. The van der Waals surface area contributed by atoms with Crippen LogP contribution in [0.4, 0.5) is 4.39 Å². The van der Waals surface area contributed by atoms with Gasteiger partial charge in [0.15, 0.2) is 0 Å². The molecule has 0 radical (unpaired) electrons. The molecule has 0 amide bonds. The molecule has 0 saturated carbocycles. The van der Waals surface area contributed by atoms with Crippen molar-refractivity contribution >= 4 is 11.6 Å². The van der Waals surface area contributed by atoms with Crippen LogP contribution in [0, 0.1) is 0 Å². The summed E-state index contributed by atoms with van der Waals surface area (Å²) in [5.41, 5.74) is 0.979. The van der Waals surface area contributed by atoms with Crippen molar-refractivity contribution in [3.63, 3.8) is 0 Å². The van der Waals surface area contributed by atoms with Gasteiger partial charge in [-0.15, -0.1) is 0 Å². The minimum absolute atomic E-state index is 0.391. The quantitative estimate of drug-likeness (QED) is 0.789. The van der Waals surface area contributed by atoms with Crippen LogP contribution >= 0.6 is 11.6 Å². The molecule has 1 N–H and O–H groups in total. The lowest BCUT2D eigenvalue weighted by Gasteiger charge is -2.06. The molecular weight excluding hydrogens is 189 g/mol. The van der Waals surface area contributed by atoms with Crippen molar-refractivity contribution in [1.82, 2.24) is 5.32 Å². The summed E-state index contributed by atoms with van der Waals surface area (Å²) in [6.45, 7) is 0.391. The van der Waals surface area contributed by atoms with Gasteiger partial charge in [0.05, 0.1) is 0 Å². The molecule has 72 valence electrons. The second kappa shape index (κ2) is 5.20. The summed E-state index contributed by atoms with van der Waals surface area (Å²) in [7, 11) is 1.74. The molecule has 1 rings (SSSR count). The smallest absolute Gasteiger partial charge is 0.116 e. The molecule has 0 aliphatic carbocycles. The van der Waals surface area contributed by atoms with Crippen LogP contribution in [-0.4, -0.2) is 19.8 Å². The van der Waals surface area contributed by atoms with Gasteiger partial charge in [-0.25, -0.2) is 4.39 Å². The Morgan fingerprint density at radius 3 is 2.54 bits per heavy atom. The lowest BCUT2D eigenvalue weighted by atomic mass is 10.1. The van der Waals surface area contributed by atoms with Crippen molar-refractivity contribution in [3.8, 4) is 0 Å². The average molecular weight is 202 g/mol. The van der Waals surface area contributed by atoms with E-state index in [2.05, 4.69) is 5.32 Å². The second-order valence-electron chi connectivity index (χ2n) is 2.99. The van der Waals surface area contributed by atoms with Gasteiger partial charge in [-0.05, 0) is 24.7 Å². The van der Waals surface area contributed by atoms with E-state index < -0.39 is 6.17 Å². The van der Waals surface area contributed by atoms with Gasteiger partial charge in [0.25, 0.3) is 0 Å². The van der Waals surface area contributed by atoms with Crippen LogP contribution in [0.2, 0.25) is 5.02 Å². The van der Waals surface area contributed by atoms with Gasteiger partial charge in [-0.1, -0.05) is 23.7 Å². The topological polar surface area (TPSA) is 12.0 Å². The fourth-order valence-electron chi connectivity index (χ4n) is 1.17. The first-order valence-electron chi connectivity index (χ1n) is 4.25. The number of nitrogens with one attached hydrogen (secondary N) is 1. The minimum Gasteiger partial charge on any atom is -0.317 e. The average Bonchev–Trinajstić information content (AvgIpc) is 2.09. The first-order chi connectivity index (χ1) is 6.22. The number of hydrogen-bond acceptors (Lipinski definition) is 1. The maximum absolute atomic E-state index is 13.1. The Morgan fingerprint density at radius 2 is 2.00 bits per heavy atom. The van der Waals surface area contributed by atoms with E-state index in [9.17, 15) is 4.39 Å². The zero-order chi connectivity index (χ0) is 9.68. The summed E-state index contributed by atoms with van der Waals surface area (Å²) in [5.74, 6) is 0. The molecule has 0 saturated heterocycles. The molecule has 0 aliphatic heterocycles. The van der Waals surface area contributed by atoms with Gasteiger partial charge in [0.2, 0.25) is 0 Å². The molecule has 1 nitrogen and oxygen atoms in total. The van der Waals surface area contributed by atoms with Gasteiger partial charge in [-0.2, -0.15) is 0 Å². The van der Waals surface area contributed by atoms with Crippen molar-refractivity contribution in [2.45, 2.75) is 12.6 Å². The molecule has 0 aliphatic rings. The summed E-state index contributed by atoms with van der Waals surface area (Å²) >= 11 is 5.70. The molecule has 0 spiro atoms. The van der Waals surface area contributed by atoms with Gasteiger partial charge in [-0.3, -0.25) is 0 Å². The predicted molar refractivity (Wildman–Crippen MR) is 54.0 cm³/mol. The third kappa shape index (κ3) is 3.75. The van der Waals surface area contributed by atoms with Gasteiger partial charge >= 0.3 is 0 Å². The van der Waals surface area contributed by atoms with Crippen LogP contribution < -0.4 is 5.32 Å². The SMILES string of the molecule is CNC[C@H](F)Cc1ccc(Cl)cc1. The number of alkyl halides is 1. The number of halogens is 2. The first kappa shape index (κ1) is 10.5. The van der Waals surface area contributed by atoms with Gasteiger partial charge < -0.3 is 5.32 Å². The summed E-state index contributed by atoms with van der Waals surface area (Å²) in [6.07, 6.45) is -0.385. The molecule has 1 atom stereocenters. The maximum atomic E-state index is 13.1. The predicted octanol–water partition coefficient (Wildman–Crippen LogP) is 2.44. The molecule has 0 heterocycles. The summed E-state index contributed by atoms with van der Waals surface area (Å²) in [4.78, 5) is 0. The van der Waals surface area contributed by atoms with Crippen LogP contribution in [0.15, 0.2) is 24.3 Å². The van der Waals surface area contributed by atoms with Crippen molar-refractivity contribution in [2.75, 3.05) is 13.6 Å². The lowest BCUT2D eigenvalue weighted by molar-refractivity contribution is 0.324. The highest BCUT2D eigenvalue weighted by Crippen LogP contribution is 2.11. The van der Waals surface area contributed by atoms with Crippen LogP contribution in [0.3, 0.4) is 0 Å². The van der Waals surface area contributed by atoms with E-state index in [1.807, 2.05) is 12.1 Å². The molecule has 0 aromatic heterocycles. The van der Waals surface area contributed by atoms with E-state index in [0.29, 0.717) is 18.0 Å². The fourth-order valence-corrected chi connectivity index (χ4v) is 1.30. The van der Waals surface area contributed by atoms with E-state index >= 15 is 0 Å². The largest absolute Gasteiger partial charge is 0.317 e. The summed E-state index contributed by atoms with van der Waals surface area (Å²) in [5, 5.41) is 3.49. The van der Waals surface area contributed by atoms with Gasteiger partial charge in [0, 0.05) is 18.0 Å². The van der Waals surface area contributed by atoms with Crippen LogP contribution in [0.5, 0.6) is 0 Å². The normalized spacial score (nSPS) is 12.8. The van der Waals surface area contributed by atoms with E-state index in [0.717, 1.165) is 5.56 Å². The van der Waals surface area contributed by atoms with Crippen LogP contribution in [-0.2, 0) is 6.42 Å². The van der Waals surface area contributed by atoms with E-state index in [1.165, 1.54) is 0 Å². The Bertz CT molecular complexity index is 248. The minimum atomic E-state index is -0.828. The third-order valence-electron chi connectivity index (χ3n) is 1.80. The molecule has 3 heteroatoms. The Balaban J connectivity index is 2.49. The zero-order valence-corrected chi connectivity index (χ0v) is 8.31. The van der Waals surface area contributed by atoms with Gasteiger partial charge in [0.1, 0.15) is 6.17 Å². The Morgan fingerprint density at radius 1 is 1.38 bits per heavy atom. The van der Waals surface area contributed by atoms with Crippen LogP contribution in [0.25, 0.3) is 0 Å². The van der Waals surface area contributed by atoms with Crippen LogP contribution in [0.1, 0.15) is 5.56 Å².